The molecule has 1 saturated heterocycles. The van der Waals surface area contributed by atoms with Crippen LogP contribution < -0.4 is 5.73 Å². The summed E-state index contributed by atoms with van der Waals surface area (Å²) in [7, 11) is 0. The second kappa shape index (κ2) is 4.94. The zero-order valence-corrected chi connectivity index (χ0v) is 9.22. The number of carboxylic acids is 1. The molecule has 16 heavy (non-hydrogen) atoms. The van der Waals surface area contributed by atoms with Gasteiger partial charge in [-0.05, 0) is 18.9 Å². The van der Waals surface area contributed by atoms with Gasteiger partial charge in [-0.2, -0.15) is 0 Å². The number of nitrogens with two attached hydrogens (primary N) is 1. The number of hydrogen-bond acceptors (Lipinski definition) is 3. The lowest BCUT2D eigenvalue weighted by Gasteiger charge is -2.45. The summed E-state index contributed by atoms with van der Waals surface area (Å²) in [6.45, 7) is 5.60. The number of rotatable bonds is 5. The third-order valence-electron chi connectivity index (χ3n) is 2.58. The molecular weight excluding hydrogens is 208 g/mol. The maximum atomic E-state index is 11.5. The van der Waals surface area contributed by atoms with Crippen molar-refractivity contribution in [3.05, 3.63) is 24.3 Å². The van der Waals surface area contributed by atoms with Gasteiger partial charge < -0.3 is 15.7 Å². The summed E-state index contributed by atoms with van der Waals surface area (Å²) in [5, 5.41) is 8.55. The fraction of sp³-hybridized carbons (Fsp3) is 0.455. The maximum absolute atomic E-state index is 11.5. The summed E-state index contributed by atoms with van der Waals surface area (Å²) >= 11 is 0. The van der Waals surface area contributed by atoms with Crippen LogP contribution in [0.25, 0.3) is 0 Å². The Morgan fingerprint density at radius 1 is 1.69 bits per heavy atom. The molecule has 0 aliphatic carbocycles. The number of aliphatic carboxylic acids is 1. The van der Waals surface area contributed by atoms with Crippen molar-refractivity contribution >= 4 is 11.9 Å². The molecular formula is C11H16N2O3. The number of carboxylic acid groups (broad SMARTS) is 1. The first-order chi connectivity index (χ1) is 7.47. The molecule has 5 heteroatoms. The second-order valence-corrected chi connectivity index (χ2v) is 3.91. The Labute approximate surface area is 94.2 Å². The third kappa shape index (κ3) is 2.49. The van der Waals surface area contributed by atoms with Crippen molar-refractivity contribution < 1.29 is 14.7 Å². The Morgan fingerprint density at radius 2 is 2.31 bits per heavy atom. The molecule has 1 amide bonds. The summed E-state index contributed by atoms with van der Waals surface area (Å²) in [5.74, 6) is -1.14. The van der Waals surface area contributed by atoms with E-state index < -0.39 is 12.0 Å². The van der Waals surface area contributed by atoms with Crippen LogP contribution in [0.2, 0.25) is 0 Å². The molecule has 0 spiro atoms. The van der Waals surface area contributed by atoms with Gasteiger partial charge in [-0.25, -0.2) is 4.79 Å². The Morgan fingerprint density at radius 3 is 2.81 bits per heavy atom. The van der Waals surface area contributed by atoms with E-state index in [9.17, 15) is 9.59 Å². The van der Waals surface area contributed by atoms with Crippen molar-refractivity contribution in [2.75, 3.05) is 6.54 Å². The number of β-lactam (4-membered cyclic amide) rings is 1. The summed E-state index contributed by atoms with van der Waals surface area (Å²) in [4.78, 5) is 23.5. The summed E-state index contributed by atoms with van der Waals surface area (Å²) < 4.78 is 0. The second-order valence-electron chi connectivity index (χ2n) is 3.91. The van der Waals surface area contributed by atoms with Crippen LogP contribution in [-0.4, -0.2) is 40.5 Å². The van der Waals surface area contributed by atoms with Crippen molar-refractivity contribution in [2.45, 2.75) is 25.4 Å². The molecule has 88 valence electrons. The number of carbonyl (C=O) groups excluding carboxylic acids is 1. The number of amides is 1. The van der Waals surface area contributed by atoms with Crippen molar-refractivity contribution in [3.8, 4) is 0 Å². The van der Waals surface area contributed by atoms with Crippen molar-refractivity contribution in [1.29, 1.82) is 0 Å². The van der Waals surface area contributed by atoms with Crippen LogP contribution in [0.5, 0.6) is 0 Å². The molecule has 0 unspecified atom stereocenters. The Balaban J connectivity index is 2.63. The minimum atomic E-state index is -1.00. The standard InChI is InChI=1S/C11H16N2O3/c1-3-4-8-10(12)11(16)13(8)6-7(2)5-9(14)15/h3,5,8,10H,1,4,6,12H2,2H3,(H,14,15)/t8-,10-/m1/s1. The molecule has 0 radical (unpaired) electrons. The number of likely N-dealkylation sites (tertiary alicyclic amines) is 1. The van der Waals surface area contributed by atoms with Crippen LogP contribution in [0.3, 0.4) is 0 Å². The molecule has 0 bridgehead atoms. The van der Waals surface area contributed by atoms with Gasteiger partial charge >= 0.3 is 5.97 Å². The third-order valence-corrected chi connectivity index (χ3v) is 2.58. The lowest BCUT2D eigenvalue weighted by atomic mass is 9.92. The van der Waals surface area contributed by atoms with E-state index in [4.69, 9.17) is 10.8 Å². The van der Waals surface area contributed by atoms with Gasteiger partial charge in [0.2, 0.25) is 5.91 Å². The first-order valence-electron chi connectivity index (χ1n) is 5.04. The molecule has 2 atom stereocenters. The topological polar surface area (TPSA) is 83.6 Å². The van der Waals surface area contributed by atoms with Crippen LogP contribution in [-0.2, 0) is 9.59 Å². The minimum absolute atomic E-state index is 0.0536. The molecule has 0 aromatic heterocycles. The van der Waals surface area contributed by atoms with Crippen molar-refractivity contribution in [3.63, 3.8) is 0 Å². The molecule has 1 fully saturated rings. The zero-order chi connectivity index (χ0) is 12.3. The van der Waals surface area contributed by atoms with Gasteiger partial charge in [-0.15, -0.1) is 6.58 Å². The smallest absolute Gasteiger partial charge is 0.328 e. The molecule has 0 aromatic rings. The largest absolute Gasteiger partial charge is 0.478 e. The van der Waals surface area contributed by atoms with E-state index in [-0.39, 0.29) is 11.9 Å². The number of hydrogen-bond donors (Lipinski definition) is 2. The Hall–Kier alpha value is -1.62. The van der Waals surface area contributed by atoms with Crippen LogP contribution >= 0.6 is 0 Å². The highest BCUT2D eigenvalue weighted by molar-refractivity contribution is 5.89. The van der Waals surface area contributed by atoms with E-state index in [1.807, 2.05) is 0 Å². The van der Waals surface area contributed by atoms with E-state index in [1.165, 1.54) is 0 Å². The van der Waals surface area contributed by atoms with Gasteiger partial charge in [0.25, 0.3) is 0 Å². The predicted octanol–water partition coefficient (Wildman–Crippen LogP) is 0.131. The lowest BCUT2D eigenvalue weighted by molar-refractivity contribution is -0.148. The maximum Gasteiger partial charge on any atom is 0.328 e. The van der Waals surface area contributed by atoms with Crippen molar-refractivity contribution in [1.82, 2.24) is 4.90 Å². The van der Waals surface area contributed by atoms with Gasteiger partial charge in [0.1, 0.15) is 6.04 Å². The summed E-state index contributed by atoms with van der Waals surface area (Å²) in [6, 6.07) is -0.530. The average Bonchev–Trinajstić information content (AvgIpc) is 2.21. The molecule has 5 nitrogen and oxygen atoms in total. The van der Waals surface area contributed by atoms with E-state index in [2.05, 4.69) is 6.58 Å². The molecule has 1 aliphatic rings. The highest BCUT2D eigenvalue weighted by atomic mass is 16.4. The summed E-state index contributed by atoms with van der Waals surface area (Å²) in [5.41, 5.74) is 6.27. The highest BCUT2D eigenvalue weighted by Gasteiger charge is 2.43. The van der Waals surface area contributed by atoms with Crippen molar-refractivity contribution in [2.24, 2.45) is 5.73 Å². The lowest BCUT2D eigenvalue weighted by Crippen LogP contribution is -2.68. The van der Waals surface area contributed by atoms with E-state index in [0.717, 1.165) is 6.08 Å². The van der Waals surface area contributed by atoms with E-state index in [0.29, 0.717) is 18.5 Å². The quantitative estimate of drug-likeness (QED) is 0.395. The first kappa shape index (κ1) is 12.4. The fourth-order valence-electron chi connectivity index (χ4n) is 1.80. The molecule has 0 aromatic carbocycles. The molecule has 1 aliphatic heterocycles. The molecule has 0 saturated carbocycles. The number of nitrogens with zero attached hydrogens (tertiary/aromatic N) is 1. The highest BCUT2D eigenvalue weighted by Crippen LogP contribution is 2.22. The van der Waals surface area contributed by atoms with Gasteiger partial charge in [-0.3, -0.25) is 4.79 Å². The van der Waals surface area contributed by atoms with E-state index in [1.54, 1.807) is 17.9 Å². The Kier molecular flexibility index (Phi) is 3.84. The average molecular weight is 224 g/mol. The van der Waals surface area contributed by atoms with Gasteiger partial charge in [-0.1, -0.05) is 6.08 Å². The number of carbonyl (C=O) groups is 2. The zero-order valence-electron chi connectivity index (χ0n) is 9.22. The fourth-order valence-corrected chi connectivity index (χ4v) is 1.80. The van der Waals surface area contributed by atoms with Gasteiger partial charge in [0, 0.05) is 12.6 Å². The van der Waals surface area contributed by atoms with Gasteiger partial charge in [0.15, 0.2) is 0 Å². The molecule has 3 N–H and O–H groups in total. The monoisotopic (exact) mass is 224 g/mol. The minimum Gasteiger partial charge on any atom is -0.478 e. The SMILES string of the molecule is C=CC[C@@H]1[C@@H](N)C(=O)N1CC(C)=CC(=O)O. The van der Waals surface area contributed by atoms with Crippen LogP contribution in [0, 0.1) is 0 Å². The Bertz CT molecular complexity index is 349. The molecule has 1 heterocycles. The van der Waals surface area contributed by atoms with Gasteiger partial charge in [0.05, 0.1) is 6.04 Å². The van der Waals surface area contributed by atoms with Crippen LogP contribution in [0.15, 0.2) is 24.3 Å². The first-order valence-corrected chi connectivity index (χ1v) is 5.04. The van der Waals surface area contributed by atoms with E-state index >= 15 is 0 Å². The normalized spacial score (nSPS) is 25.2. The predicted molar refractivity (Wildman–Crippen MR) is 59.7 cm³/mol. The van der Waals surface area contributed by atoms with Crippen LogP contribution in [0.4, 0.5) is 0 Å². The summed E-state index contributed by atoms with van der Waals surface area (Å²) in [6.07, 6.45) is 3.44. The van der Waals surface area contributed by atoms with Crippen LogP contribution in [0.1, 0.15) is 13.3 Å². The molecule has 1 rings (SSSR count).